The summed E-state index contributed by atoms with van der Waals surface area (Å²) in [5.74, 6) is 5.75. The van der Waals surface area contributed by atoms with Crippen molar-refractivity contribution in [1.82, 2.24) is 5.01 Å². The summed E-state index contributed by atoms with van der Waals surface area (Å²) >= 11 is 0. The van der Waals surface area contributed by atoms with E-state index in [1.807, 2.05) is 7.05 Å². The summed E-state index contributed by atoms with van der Waals surface area (Å²) in [6.45, 7) is 4.30. The largest absolute Gasteiger partial charge is 0.401 e. The SMILES string of the molecule is CCCCCCC/C(=C(/N)CC)N(C)N. The van der Waals surface area contributed by atoms with Crippen LogP contribution in [0.25, 0.3) is 0 Å². The molecule has 0 aliphatic carbocycles. The zero-order valence-electron chi connectivity index (χ0n) is 10.6. The molecule has 0 aliphatic heterocycles. The zero-order valence-corrected chi connectivity index (χ0v) is 10.6. The standard InChI is InChI=1S/C12H27N3/c1-4-6-7-8-9-10-12(15(3)14)11(13)5-2/h4-10,13-14H2,1-3H3/b12-11-. The van der Waals surface area contributed by atoms with E-state index in [-0.39, 0.29) is 0 Å². The first-order chi connectivity index (χ1) is 7.13. The maximum atomic E-state index is 5.92. The van der Waals surface area contributed by atoms with Gasteiger partial charge in [0.25, 0.3) is 0 Å². The number of hydrogen-bond donors (Lipinski definition) is 2. The van der Waals surface area contributed by atoms with Gasteiger partial charge in [-0.25, -0.2) is 5.84 Å². The normalized spacial score (nSPS) is 12.5. The van der Waals surface area contributed by atoms with Crippen molar-refractivity contribution in [3.63, 3.8) is 0 Å². The van der Waals surface area contributed by atoms with E-state index in [1.165, 1.54) is 32.1 Å². The molecule has 4 N–H and O–H groups in total. The summed E-state index contributed by atoms with van der Waals surface area (Å²) < 4.78 is 0. The summed E-state index contributed by atoms with van der Waals surface area (Å²) in [7, 11) is 1.86. The second kappa shape index (κ2) is 8.60. The quantitative estimate of drug-likeness (QED) is 0.370. The summed E-state index contributed by atoms with van der Waals surface area (Å²) in [5.41, 5.74) is 7.95. The number of unbranched alkanes of at least 4 members (excludes halogenated alkanes) is 4. The highest BCUT2D eigenvalue weighted by Crippen LogP contribution is 2.14. The second-order valence-electron chi connectivity index (χ2n) is 4.10. The van der Waals surface area contributed by atoms with E-state index in [9.17, 15) is 0 Å². The number of rotatable bonds is 8. The van der Waals surface area contributed by atoms with Crippen molar-refractivity contribution in [3.8, 4) is 0 Å². The van der Waals surface area contributed by atoms with Crippen molar-refractivity contribution >= 4 is 0 Å². The molecule has 0 heterocycles. The van der Waals surface area contributed by atoms with Gasteiger partial charge >= 0.3 is 0 Å². The fourth-order valence-electron chi connectivity index (χ4n) is 1.66. The molecule has 0 spiro atoms. The minimum absolute atomic E-state index is 0.881. The first kappa shape index (κ1) is 14.3. The summed E-state index contributed by atoms with van der Waals surface area (Å²) in [6, 6.07) is 0. The molecule has 90 valence electrons. The van der Waals surface area contributed by atoms with Crippen LogP contribution in [-0.2, 0) is 0 Å². The van der Waals surface area contributed by atoms with Gasteiger partial charge in [-0.3, -0.25) is 0 Å². The van der Waals surface area contributed by atoms with E-state index in [1.54, 1.807) is 5.01 Å². The van der Waals surface area contributed by atoms with E-state index in [0.29, 0.717) is 0 Å². The van der Waals surface area contributed by atoms with Gasteiger partial charge in [0.1, 0.15) is 0 Å². The maximum absolute atomic E-state index is 5.92. The van der Waals surface area contributed by atoms with E-state index in [0.717, 1.165) is 24.2 Å². The average molecular weight is 213 g/mol. The third kappa shape index (κ3) is 6.39. The van der Waals surface area contributed by atoms with Crippen LogP contribution in [0.1, 0.15) is 58.8 Å². The van der Waals surface area contributed by atoms with Gasteiger partial charge in [0.2, 0.25) is 0 Å². The Hall–Kier alpha value is -0.700. The fourth-order valence-corrected chi connectivity index (χ4v) is 1.66. The monoisotopic (exact) mass is 213 g/mol. The first-order valence-corrected chi connectivity index (χ1v) is 6.09. The maximum Gasteiger partial charge on any atom is 0.0474 e. The van der Waals surface area contributed by atoms with E-state index in [4.69, 9.17) is 11.6 Å². The van der Waals surface area contributed by atoms with Gasteiger partial charge in [-0.2, -0.15) is 0 Å². The van der Waals surface area contributed by atoms with Gasteiger partial charge in [-0.15, -0.1) is 0 Å². The third-order valence-electron chi connectivity index (χ3n) is 2.69. The predicted molar refractivity (Wildman–Crippen MR) is 66.8 cm³/mol. The highest BCUT2D eigenvalue weighted by molar-refractivity contribution is 5.08. The number of nitrogens with two attached hydrogens (primary N) is 2. The summed E-state index contributed by atoms with van der Waals surface area (Å²) in [6.07, 6.45) is 8.31. The van der Waals surface area contributed by atoms with Crippen LogP contribution >= 0.6 is 0 Å². The first-order valence-electron chi connectivity index (χ1n) is 6.09. The zero-order chi connectivity index (χ0) is 11.7. The smallest absolute Gasteiger partial charge is 0.0474 e. The Labute approximate surface area is 94.5 Å². The molecule has 0 atom stereocenters. The lowest BCUT2D eigenvalue weighted by atomic mass is 10.1. The molecule has 0 radical (unpaired) electrons. The highest BCUT2D eigenvalue weighted by Gasteiger charge is 2.04. The van der Waals surface area contributed by atoms with Gasteiger partial charge in [0.15, 0.2) is 0 Å². The molecule has 15 heavy (non-hydrogen) atoms. The summed E-state index contributed by atoms with van der Waals surface area (Å²) in [4.78, 5) is 0. The van der Waals surface area contributed by atoms with Gasteiger partial charge in [-0.1, -0.05) is 39.5 Å². The molecule has 3 nitrogen and oxygen atoms in total. The Morgan fingerprint density at radius 2 is 1.67 bits per heavy atom. The molecule has 0 aromatic heterocycles. The lowest BCUT2D eigenvalue weighted by Crippen LogP contribution is -2.28. The molecule has 3 heteroatoms. The Balaban J connectivity index is 3.88. The van der Waals surface area contributed by atoms with Crippen LogP contribution in [0.3, 0.4) is 0 Å². The third-order valence-corrected chi connectivity index (χ3v) is 2.69. The Bertz CT molecular complexity index is 185. The van der Waals surface area contributed by atoms with Gasteiger partial charge in [0.05, 0.1) is 0 Å². The van der Waals surface area contributed by atoms with Crippen LogP contribution in [0.5, 0.6) is 0 Å². The predicted octanol–water partition coefficient (Wildman–Crippen LogP) is 2.73. The minimum Gasteiger partial charge on any atom is -0.401 e. The van der Waals surface area contributed by atoms with Crippen LogP contribution in [0.2, 0.25) is 0 Å². The molecule has 0 rings (SSSR count). The number of hydrazine groups is 1. The Kier molecular flexibility index (Phi) is 8.19. The number of hydrogen-bond acceptors (Lipinski definition) is 3. The topological polar surface area (TPSA) is 55.3 Å². The minimum atomic E-state index is 0.881. The number of allylic oxidation sites excluding steroid dienone is 2. The van der Waals surface area contributed by atoms with Gasteiger partial charge in [0, 0.05) is 18.4 Å². The lowest BCUT2D eigenvalue weighted by molar-refractivity contribution is 0.405. The molecule has 0 bridgehead atoms. The molecule has 0 amide bonds. The van der Waals surface area contributed by atoms with Crippen molar-refractivity contribution in [3.05, 3.63) is 11.4 Å². The van der Waals surface area contributed by atoms with E-state index >= 15 is 0 Å². The molecule has 0 unspecified atom stereocenters. The van der Waals surface area contributed by atoms with Crippen molar-refractivity contribution < 1.29 is 0 Å². The summed E-state index contributed by atoms with van der Waals surface area (Å²) in [5, 5.41) is 1.67. The van der Waals surface area contributed by atoms with Crippen molar-refractivity contribution in [2.75, 3.05) is 7.05 Å². The molecule has 0 saturated heterocycles. The molecule has 0 aliphatic rings. The second-order valence-corrected chi connectivity index (χ2v) is 4.10. The number of nitrogens with zero attached hydrogens (tertiary/aromatic N) is 1. The van der Waals surface area contributed by atoms with E-state index in [2.05, 4.69) is 13.8 Å². The molecule has 0 saturated carbocycles. The molecular formula is C12H27N3. The van der Waals surface area contributed by atoms with Crippen LogP contribution in [0, 0.1) is 0 Å². The lowest BCUT2D eigenvalue weighted by Gasteiger charge is -2.19. The average Bonchev–Trinajstić information content (AvgIpc) is 2.22. The van der Waals surface area contributed by atoms with Gasteiger partial charge < -0.3 is 10.7 Å². The Morgan fingerprint density at radius 1 is 1.07 bits per heavy atom. The molecular weight excluding hydrogens is 186 g/mol. The molecule has 0 fully saturated rings. The molecule has 0 aromatic rings. The van der Waals surface area contributed by atoms with Crippen molar-refractivity contribution in [2.45, 2.75) is 58.8 Å². The highest BCUT2D eigenvalue weighted by atomic mass is 15.4. The van der Waals surface area contributed by atoms with E-state index < -0.39 is 0 Å². The van der Waals surface area contributed by atoms with Gasteiger partial charge in [-0.05, 0) is 19.3 Å². The Morgan fingerprint density at radius 3 is 2.13 bits per heavy atom. The van der Waals surface area contributed by atoms with Crippen LogP contribution in [-0.4, -0.2) is 12.1 Å². The van der Waals surface area contributed by atoms with Crippen LogP contribution < -0.4 is 11.6 Å². The van der Waals surface area contributed by atoms with Crippen molar-refractivity contribution in [2.24, 2.45) is 11.6 Å². The molecule has 0 aromatic carbocycles. The fraction of sp³-hybridized carbons (Fsp3) is 0.833. The van der Waals surface area contributed by atoms with Crippen LogP contribution in [0.4, 0.5) is 0 Å². The van der Waals surface area contributed by atoms with Crippen LogP contribution in [0.15, 0.2) is 11.4 Å². The van der Waals surface area contributed by atoms with Crippen molar-refractivity contribution in [1.29, 1.82) is 0 Å².